The normalized spacial score (nSPS) is 10.3. The molecule has 0 aliphatic carbocycles. The Kier molecular flexibility index (Phi) is 2.14. The van der Waals surface area contributed by atoms with Gasteiger partial charge in [0.25, 0.3) is 5.56 Å². The molecule has 0 radical (unpaired) electrons. The van der Waals surface area contributed by atoms with Gasteiger partial charge in [-0.15, -0.1) is 0 Å². The summed E-state index contributed by atoms with van der Waals surface area (Å²) in [4.78, 5) is 21.8. The highest BCUT2D eigenvalue weighted by atomic mass is 16.1. The second kappa shape index (κ2) is 3.46. The quantitative estimate of drug-likeness (QED) is 0.663. The predicted octanol–water partition coefficient (Wildman–Crippen LogP) is 1.20. The third-order valence-electron chi connectivity index (χ3n) is 2.16. The Bertz CT molecular complexity index is 528. The van der Waals surface area contributed by atoms with Crippen LogP contribution in [0.2, 0.25) is 0 Å². The Morgan fingerprint density at radius 2 is 1.93 bits per heavy atom. The topological polar surface area (TPSA) is 39.1 Å². The minimum atomic E-state index is -0.143. The van der Waals surface area contributed by atoms with Crippen LogP contribution >= 0.6 is 0 Å². The van der Waals surface area contributed by atoms with Crippen molar-refractivity contribution in [2.24, 2.45) is 0 Å². The number of hydrogen-bond acceptors (Lipinski definition) is 2. The van der Waals surface area contributed by atoms with Gasteiger partial charge in [0.15, 0.2) is 0 Å². The molecule has 2 aromatic rings. The molecule has 0 fully saturated rings. The summed E-state index contributed by atoms with van der Waals surface area (Å²) >= 11 is 0. The summed E-state index contributed by atoms with van der Waals surface area (Å²) < 4.78 is 1.46. The number of carbonyl (C=O) groups excluding carboxylic acids is 1. The predicted molar refractivity (Wildman–Crippen MR) is 54.3 cm³/mol. The lowest BCUT2D eigenvalue weighted by Crippen LogP contribution is -2.19. The number of carbonyl (C=O) groups is 1. The van der Waals surface area contributed by atoms with E-state index in [1.165, 1.54) is 10.6 Å². The van der Waals surface area contributed by atoms with E-state index in [-0.39, 0.29) is 12.1 Å². The average molecular weight is 187 g/mol. The first kappa shape index (κ1) is 8.69. The molecular formula is C11H9NO2. The van der Waals surface area contributed by atoms with Crippen LogP contribution in [0.5, 0.6) is 0 Å². The van der Waals surface area contributed by atoms with Crippen LogP contribution in [0.4, 0.5) is 0 Å². The van der Waals surface area contributed by atoms with Crippen LogP contribution in [0.15, 0.2) is 41.2 Å². The maximum atomic E-state index is 11.4. The van der Waals surface area contributed by atoms with Crippen molar-refractivity contribution in [2.75, 3.05) is 0 Å². The molecule has 1 aromatic heterocycles. The van der Waals surface area contributed by atoms with Crippen molar-refractivity contribution in [2.45, 2.75) is 6.54 Å². The number of aromatic nitrogens is 1. The molecule has 3 nitrogen and oxygen atoms in total. The summed E-state index contributed by atoms with van der Waals surface area (Å²) in [6, 6.07) is 10.7. The van der Waals surface area contributed by atoms with E-state index in [1.54, 1.807) is 6.07 Å². The summed E-state index contributed by atoms with van der Waals surface area (Å²) in [5.74, 6) is 0. The molecular weight excluding hydrogens is 178 g/mol. The van der Waals surface area contributed by atoms with Gasteiger partial charge < -0.3 is 9.36 Å². The maximum absolute atomic E-state index is 11.4. The lowest BCUT2D eigenvalue weighted by molar-refractivity contribution is -0.108. The molecule has 0 aliphatic heterocycles. The van der Waals surface area contributed by atoms with E-state index in [9.17, 15) is 9.59 Å². The molecule has 0 spiro atoms. The van der Waals surface area contributed by atoms with Crippen molar-refractivity contribution >= 4 is 17.2 Å². The summed E-state index contributed by atoms with van der Waals surface area (Å²) in [6.45, 7) is 0.111. The molecule has 0 saturated carbocycles. The van der Waals surface area contributed by atoms with Crippen molar-refractivity contribution in [3.63, 3.8) is 0 Å². The van der Waals surface area contributed by atoms with Gasteiger partial charge in [0.1, 0.15) is 6.29 Å². The number of benzene rings is 1. The van der Waals surface area contributed by atoms with Crippen molar-refractivity contribution < 1.29 is 4.79 Å². The van der Waals surface area contributed by atoms with Gasteiger partial charge in [0.2, 0.25) is 0 Å². The highest BCUT2D eigenvalue weighted by molar-refractivity contribution is 5.79. The molecule has 1 heterocycles. The second-order valence-electron chi connectivity index (χ2n) is 3.01. The molecule has 0 unspecified atom stereocenters. The summed E-state index contributed by atoms with van der Waals surface area (Å²) in [7, 11) is 0. The minimum Gasteiger partial charge on any atom is -0.301 e. The zero-order valence-corrected chi connectivity index (χ0v) is 7.51. The van der Waals surface area contributed by atoms with Crippen LogP contribution in [0.1, 0.15) is 0 Å². The molecule has 0 aliphatic rings. The third kappa shape index (κ3) is 1.33. The minimum absolute atomic E-state index is 0.111. The molecule has 1 aromatic carbocycles. The largest absolute Gasteiger partial charge is 0.301 e. The van der Waals surface area contributed by atoms with Crippen molar-refractivity contribution in [3.05, 3.63) is 46.8 Å². The smallest absolute Gasteiger partial charge is 0.251 e. The number of para-hydroxylation sites is 1. The fourth-order valence-corrected chi connectivity index (χ4v) is 1.51. The first-order chi connectivity index (χ1) is 6.83. The SMILES string of the molecule is O=CCn1c(=O)ccc2ccccc21. The van der Waals surface area contributed by atoms with E-state index in [4.69, 9.17) is 0 Å². The Morgan fingerprint density at radius 3 is 2.71 bits per heavy atom. The fourth-order valence-electron chi connectivity index (χ4n) is 1.51. The van der Waals surface area contributed by atoms with Gasteiger partial charge in [-0.25, -0.2) is 0 Å². The van der Waals surface area contributed by atoms with E-state index in [2.05, 4.69) is 0 Å². The van der Waals surface area contributed by atoms with Crippen LogP contribution in [0.25, 0.3) is 10.9 Å². The number of pyridine rings is 1. The first-order valence-electron chi connectivity index (χ1n) is 4.35. The molecule has 0 N–H and O–H groups in total. The number of rotatable bonds is 2. The number of hydrogen-bond donors (Lipinski definition) is 0. The number of nitrogens with zero attached hydrogens (tertiary/aromatic N) is 1. The van der Waals surface area contributed by atoms with Crippen molar-refractivity contribution in [3.8, 4) is 0 Å². The lowest BCUT2D eigenvalue weighted by Gasteiger charge is -2.05. The van der Waals surface area contributed by atoms with Crippen LogP contribution in [-0.4, -0.2) is 10.9 Å². The highest BCUT2D eigenvalue weighted by Crippen LogP contribution is 2.09. The molecule has 0 atom stereocenters. The van der Waals surface area contributed by atoms with Crippen molar-refractivity contribution in [1.82, 2.24) is 4.57 Å². The lowest BCUT2D eigenvalue weighted by atomic mass is 10.2. The summed E-state index contributed by atoms with van der Waals surface area (Å²) in [5.41, 5.74) is 0.655. The Labute approximate surface area is 80.6 Å². The highest BCUT2D eigenvalue weighted by Gasteiger charge is 2.00. The maximum Gasteiger partial charge on any atom is 0.251 e. The van der Waals surface area contributed by atoms with Gasteiger partial charge in [-0.3, -0.25) is 4.79 Å². The first-order valence-corrected chi connectivity index (χ1v) is 4.35. The van der Waals surface area contributed by atoms with E-state index in [0.29, 0.717) is 0 Å². The Morgan fingerprint density at radius 1 is 1.14 bits per heavy atom. The summed E-state index contributed by atoms with van der Waals surface area (Å²) in [5, 5.41) is 0.967. The Balaban J connectivity index is 2.82. The molecule has 0 amide bonds. The number of aldehydes is 1. The standard InChI is InChI=1S/C11H9NO2/c13-8-7-12-10-4-2-1-3-9(10)5-6-11(12)14/h1-6,8H,7H2. The van der Waals surface area contributed by atoms with Crippen molar-refractivity contribution in [1.29, 1.82) is 0 Å². The van der Waals surface area contributed by atoms with E-state index < -0.39 is 0 Å². The molecule has 70 valence electrons. The van der Waals surface area contributed by atoms with Crippen LogP contribution in [-0.2, 0) is 11.3 Å². The third-order valence-corrected chi connectivity index (χ3v) is 2.16. The molecule has 3 heteroatoms. The molecule has 0 bridgehead atoms. The molecule has 2 rings (SSSR count). The van der Waals surface area contributed by atoms with Crippen LogP contribution < -0.4 is 5.56 Å². The molecule has 14 heavy (non-hydrogen) atoms. The fraction of sp³-hybridized carbons (Fsp3) is 0.0909. The van der Waals surface area contributed by atoms with Gasteiger partial charge in [-0.2, -0.15) is 0 Å². The van der Waals surface area contributed by atoms with E-state index in [1.807, 2.05) is 24.3 Å². The zero-order chi connectivity index (χ0) is 9.97. The second-order valence-corrected chi connectivity index (χ2v) is 3.01. The van der Waals surface area contributed by atoms with Crippen LogP contribution in [0, 0.1) is 0 Å². The summed E-state index contributed by atoms with van der Waals surface area (Å²) in [6.07, 6.45) is 0.730. The zero-order valence-electron chi connectivity index (χ0n) is 7.51. The monoisotopic (exact) mass is 187 g/mol. The van der Waals surface area contributed by atoms with E-state index >= 15 is 0 Å². The van der Waals surface area contributed by atoms with Crippen LogP contribution in [0.3, 0.4) is 0 Å². The Hall–Kier alpha value is -1.90. The molecule has 0 saturated heterocycles. The van der Waals surface area contributed by atoms with Gasteiger partial charge in [0, 0.05) is 6.07 Å². The van der Waals surface area contributed by atoms with Gasteiger partial charge in [-0.1, -0.05) is 18.2 Å². The average Bonchev–Trinajstić information content (AvgIpc) is 2.23. The van der Waals surface area contributed by atoms with Gasteiger partial charge >= 0.3 is 0 Å². The van der Waals surface area contributed by atoms with Gasteiger partial charge in [-0.05, 0) is 17.5 Å². The van der Waals surface area contributed by atoms with E-state index in [0.717, 1.165) is 17.2 Å². The van der Waals surface area contributed by atoms with Gasteiger partial charge in [0.05, 0.1) is 12.1 Å². The number of fused-ring (bicyclic) bond motifs is 1.